The Hall–Kier alpha value is -0.670. The second-order valence-corrected chi connectivity index (χ2v) is 4.32. The average molecular weight is 240 g/mol. The molecule has 2 N–H and O–H groups in total. The minimum absolute atomic E-state index is 0.0555. The number of halogens is 1. The number of Topliss-reactive ketones (excluding diaryl/α,β-unsaturated/α-hetero) is 1. The van der Waals surface area contributed by atoms with Gasteiger partial charge in [0.05, 0.1) is 5.54 Å². The topological polar surface area (TPSA) is 43.1 Å². The van der Waals surface area contributed by atoms with Crippen molar-refractivity contribution in [3.63, 3.8) is 0 Å². The molecule has 1 saturated carbocycles. The van der Waals surface area contributed by atoms with Crippen molar-refractivity contribution in [2.24, 2.45) is 5.73 Å². The highest BCUT2D eigenvalue weighted by atomic mass is 79.9. The summed E-state index contributed by atoms with van der Waals surface area (Å²) in [4.78, 5) is 11.8. The van der Waals surface area contributed by atoms with Gasteiger partial charge in [0.2, 0.25) is 0 Å². The Morgan fingerprint density at radius 3 is 2.54 bits per heavy atom. The number of hydrogen-bond donors (Lipinski definition) is 1. The second-order valence-electron chi connectivity index (χ2n) is 3.47. The minimum atomic E-state index is -0.566. The van der Waals surface area contributed by atoms with Crippen LogP contribution in [-0.4, -0.2) is 11.3 Å². The van der Waals surface area contributed by atoms with Crippen molar-refractivity contribution < 1.29 is 4.79 Å². The summed E-state index contributed by atoms with van der Waals surface area (Å²) in [5, 5.41) is 0. The zero-order valence-corrected chi connectivity index (χ0v) is 8.67. The SMILES string of the molecule is NC1(C(=O)c2ccccc2Br)CC1. The van der Waals surface area contributed by atoms with Gasteiger partial charge in [0.25, 0.3) is 0 Å². The van der Waals surface area contributed by atoms with Crippen LogP contribution in [0.1, 0.15) is 23.2 Å². The Morgan fingerprint density at radius 2 is 2.00 bits per heavy atom. The van der Waals surface area contributed by atoms with Crippen LogP contribution in [0, 0.1) is 0 Å². The first-order chi connectivity index (χ1) is 6.13. The first-order valence-electron chi connectivity index (χ1n) is 4.22. The van der Waals surface area contributed by atoms with E-state index in [1.54, 1.807) is 6.07 Å². The fourth-order valence-corrected chi connectivity index (χ4v) is 1.74. The zero-order chi connectivity index (χ0) is 9.47. The fourth-order valence-electron chi connectivity index (χ4n) is 1.28. The van der Waals surface area contributed by atoms with Crippen LogP contribution >= 0.6 is 15.9 Å². The van der Waals surface area contributed by atoms with Crippen LogP contribution in [0.4, 0.5) is 0 Å². The molecule has 0 radical (unpaired) electrons. The Balaban J connectivity index is 2.36. The van der Waals surface area contributed by atoms with Crippen molar-refractivity contribution in [3.8, 4) is 0 Å². The predicted octanol–water partition coefficient (Wildman–Crippen LogP) is 2.12. The maximum absolute atomic E-state index is 11.8. The molecule has 0 amide bonds. The summed E-state index contributed by atoms with van der Waals surface area (Å²) < 4.78 is 0.830. The molecule has 0 atom stereocenters. The van der Waals surface area contributed by atoms with Gasteiger partial charge in [-0.25, -0.2) is 0 Å². The van der Waals surface area contributed by atoms with E-state index in [4.69, 9.17) is 5.73 Å². The van der Waals surface area contributed by atoms with Crippen LogP contribution in [0.3, 0.4) is 0 Å². The molecule has 0 unspecified atom stereocenters. The first-order valence-corrected chi connectivity index (χ1v) is 5.01. The van der Waals surface area contributed by atoms with Crippen LogP contribution in [0.25, 0.3) is 0 Å². The molecule has 0 aromatic heterocycles. The molecule has 1 aromatic rings. The standard InChI is InChI=1S/C10H10BrNO/c11-8-4-2-1-3-7(8)9(13)10(12)5-6-10/h1-4H,5-6,12H2. The van der Waals surface area contributed by atoms with Gasteiger partial charge in [-0.2, -0.15) is 0 Å². The van der Waals surface area contributed by atoms with Crippen molar-refractivity contribution >= 4 is 21.7 Å². The summed E-state index contributed by atoms with van der Waals surface area (Å²) in [6, 6.07) is 7.40. The third-order valence-electron chi connectivity index (χ3n) is 2.36. The van der Waals surface area contributed by atoms with Gasteiger partial charge in [-0.3, -0.25) is 4.79 Å². The molecule has 0 aliphatic heterocycles. The maximum atomic E-state index is 11.8. The lowest BCUT2D eigenvalue weighted by atomic mass is 10.0. The van der Waals surface area contributed by atoms with Crippen molar-refractivity contribution in [3.05, 3.63) is 34.3 Å². The summed E-state index contributed by atoms with van der Waals surface area (Å²) in [5.74, 6) is 0.0555. The number of nitrogens with two attached hydrogens (primary N) is 1. The molecule has 2 rings (SSSR count). The molecule has 1 fully saturated rings. The third-order valence-corrected chi connectivity index (χ3v) is 3.05. The van der Waals surface area contributed by atoms with Crippen LogP contribution < -0.4 is 5.73 Å². The van der Waals surface area contributed by atoms with E-state index in [-0.39, 0.29) is 5.78 Å². The smallest absolute Gasteiger partial charge is 0.183 e. The monoisotopic (exact) mass is 239 g/mol. The lowest BCUT2D eigenvalue weighted by Crippen LogP contribution is -2.32. The van der Waals surface area contributed by atoms with Crippen molar-refractivity contribution in [2.45, 2.75) is 18.4 Å². The molecular weight excluding hydrogens is 230 g/mol. The summed E-state index contributed by atoms with van der Waals surface area (Å²) >= 11 is 3.34. The molecule has 1 aliphatic carbocycles. The molecule has 1 aliphatic rings. The van der Waals surface area contributed by atoms with Gasteiger partial charge in [0.15, 0.2) is 5.78 Å². The lowest BCUT2D eigenvalue weighted by molar-refractivity contribution is 0.0948. The second kappa shape index (κ2) is 2.93. The summed E-state index contributed by atoms with van der Waals surface area (Å²) in [6.45, 7) is 0. The van der Waals surface area contributed by atoms with Gasteiger partial charge < -0.3 is 5.73 Å². The molecule has 0 heterocycles. The van der Waals surface area contributed by atoms with Crippen molar-refractivity contribution in [1.82, 2.24) is 0 Å². The van der Waals surface area contributed by atoms with Gasteiger partial charge in [-0.1, -0.05) is 34.1 Å². The van der Waals surface area contributed by atoms with E-state index >= 15 is 0 Å². The van der Waals surface area contributed by atoms with Crippen molar-refractivity contribution in [2.75, 3.05) is 0 Å². The molecule has 0 spiro atoms. The Bertz CT molecular complexity index is 358. The molecule has 13 heavy (non-hydrogen) atoms. The number of benzene rings is 1. The zero-order valence-electron chi connectivity index (χ0n) is 7.09. The normalized spacial score (nSPS) is 18.3. The lowest BCUT2D eigenvalue weighted by Gasteiger charge is -2.08. The predicted molar refractivity (Wildman–Crippen MR) is 54.6 cm³/mol. The number of ketones is 1. The quantitative estimate of drug-likeness (QED) is 0.804. The van der Waals surface area contributed by atoms with Crippen molar-refractivity contribution in [1.29, 1.82) is 0 Å². The van der Waals surface area contributed by atoms with E-state index in [1.807, 2.05) is 18.2 Å². The van der Waals surface area contributed by atoms with Gasteiger partial charge >= 0.3 is 0 Å². The summed E-state index contributed by atoms with van der Waals surface area (Å²) in [7, 11) is 0. The minimum Gasteiger partial charge on any atom is -0.319 e. The number of carbonyl (C=O) groups excluding carboxylic acids is 1. The van der Waals surface area contributed by atoms with E-state index in [0.717, 1.165) is 17.3 Å². The fraction of sp³-hybridized carbons (Fsp3) is 0.300. The first kappa shape index (κ1) is 8.91. The maximum Gasteiger partial charge on any atom is 0.183 e. The van der Waals surface area contributed by atoms with E-state index in [1.165, 1.54) is 0 Å². The molecule has 3 heteroatoms. The number of rotatable bonds is 2. The van der Waals surface area contributed by atoms with E-state index < -0.39 is 5.54 Å². The average Bonchev–Trinajstić information content (AvgIpc) is 2.85. The van der Waals surface area contributed by atoms with Gasteiger partial charge in [-0.05, 0) is 18.9 Å². The van der Waals surface area contributed by atoms with Gasteiger partial charge in [0, 0.05) is 10.0 Å². The van der Waals surface area contributed by atoms with E-state index in [2.05, 4.69) is 15.9 Å². The summed E-state index contributed by atoms with van der Waals surface area (Å²) in [6.07, 6.45) is 1.63. The molecule has 0 bridgehead atoms. The molecule has 2 nitrogen and oxygen atoms in total. The largest absolute Gasteiger partial charge is 0.319 e. The molecule has 0 saturated heterocycles. The van der Waals surface area contributed by atoms with Crippen LogP contribution in [-0.2, 0) is 0 Å². The third kappa shape index (κ3) is 1.54. The Kier molecular flexibility index (Phi) is 2.00. The highest BCUT2D eigenvalue weighted by molar-refractivity contribution is 9.10. The number of carbonyl (C=O) groups is 1. The van der Waals surface area contributed by atoms with E-state index in [9.17, 15) is 4.79 Å². The Morgan fingerprint density at radius 1 is 1.38 bits per heavy atom. The highest BCUT2D eigenvalue weighted by Gasteiger charge is 2.46. The van der Waals surface area contributed by atoms with Gasteiger partial charge in [0.1, 0.15) is 0 Å². The molecule has 68 valence electrons. The summed E-state index contributed by atoms with van der Waals surface area (Å²) in [5.41, 5.74) is 5.95. The van der Waals surface area contributed by atoms with E-state index in [0.29, 0.717) is 5.56 Å². The molecule has 1 aromatic carbocycles. The van der Waals surface area contributed by atoms with Gasteiger partial charge in [-0.15, -0.1) is 0 Å². The Labute approximate surface area is 85.3 Å². The van der Waals surface area contributed by atoms with Crippen LogP contribution in [0.15, 0.2) is 28.7 Å². The highest BCUT2D eigenvalue weighted by Crippen LogP contribution is 2.36. The van der Waals surface area contributed by atoms with Crippen LogP contribution in [0.2, 0.25) is 0 Å². The number of hydrogen-bond acceptors (Lipinski definition) is 2. The molecular formula is C10H10BrNO. The van der Waals surface area contributed by atoms with Crippen LogP contribution in [0.5, 0.6) is 0 Å².